The van der Waals surface area contributed by atoms with E-state index in [1.54, 1.807) is 0 Å². The average Bonchev–Trinajstić information content (AvgIpc) is 2.22. The van der Waals surface area contributed by atoms with Crippen molar-refractivity contribution in [2.24, 2.45) is 0 Å². The number of thioether (sulfide) groups is 1. The smallest absolute Gasteiger partial charge is 0.186 e. The third-order valence-electron chi connectivity index (χ3n) is 1.75. The molecule has 0 heterocycles. The molecule has 0 aliphatic rings. The van der Waals surface area contributed by atoms with Crippen LogP contribution in [0.25, 0.3) is 6.08 Å². The molecule has 1 aromatic carbocycles. The van der Waals surface area contributed by atoms with Gasteiger partial charge in [-0.25, -0.2) is 8.78 Å². The molecule has 0 atom stereocenters. The second kappa shape index (κ2) is 6.01. The summed E-state index contributed by atoms with van der Waals surface area (Å²) in [4.78, 5) is 10.6. The van der Waals surface area contributed by atoms with Crippen LogP contribution in [0.3, 0.4) is 0 Å². The Hall–Kier alpha value is -0.870. The molecule has 0 saturated carbocycles. The van der Waals surface area contributed by atoms with Crippen LogP contribution in [-0.4, -0.2) is 10.9 Å². The van der Waals surface area contributed by atoms with Crippen LogP contribution in [0.2, 0.25) is 5.02 Å². The van der Waals surface area contributed by atoms with Crippen LogP contribution in [0.4, 0.5) is 8.78 Å². The summed E-state index contributed by atoms with van der Waals surface area (Å²) in [7, 11) is 0. The van der Waals surface area contributed by atoms with Crippen molar-refractivity contribution in [3.05, 3.63) is 40.4 Å². The Labute approximate surface area is 101 Å². The van der Waals surface area contributed by atoms with Crippen molar-refractivity contribution in [2.45, 2.75) is 6.92 Å². The Morgan fingerprint density at radius 2 is 2.19 bits per heavy atom. The molecule has 0 unspecified atom stereocenters. The quantitative estimate of drug-likeness (QED) is 0.768. The summed E-state index contributed by atoms with van der Waals surface area (Å²) in [6, 6.07) is 2.26. The number of rotatable bonds is 3. The molecule has 0 fully saturated rings. The van der Waals surface area contributed by atoms with Crippen LogP contribution in [0, 0.1) is 11.6 Å². The molecular weight excluding hydrogens is 254 g/mol. The number of carbonyl (C=O) groups is 1. The molecule has 0 amide bonds. The lowest BCUT2D eigenvalue weighted by molar-refractivity contribution is -0.109. The van der Waals surface area contributed by atoms with Crippen molar-refractivity contribution in [2.75, 3.05) is 5.75 Å². The van der Waals surface area contributed by atoms with Crippen LogP contribution < -0.4 is 0 Å². The van der Waals surface area contributed by atoms with Gasteiger partial charge >= 0.3 is 0 Å². The minimum absolute atomic E-state index is 0.0447. The van der Waals surface area contributed by atoms with Gasteiger partial charge in [-0.1, -0.05) is 35.5 Å². The number of carbonyl (C=O) groups excluding carboxylic acids is 1. The Bertz CT molecular complexity index is 432. The number of hydrogen-bond acceptors (Lipinski definition) is 2. The monoisotopic (exact) mass is 262 g/mol. The topological polar surface area (TPSA) is 17.1 Å². The van der Waals surface area contributed by atoms with Crippen LogP contribution >= 0.6 is 23.4 Å². The van der Waals surface area contributed by atoms with E-state index in [0.717, 1.165) is 23.9 Å². The summed E-state index contributed by atoms with van der Waals surface area (Å²) in [5.41, 5.74) is -0.184. The Morgan fingerprint density at radius 3 is 2.81 bits per heavy atom. The van der Waals surface area contributed by atoms with E-state index in [9.17, 15) is 13.6 Å². The van der Waals surface area contributed by atoms with Crippen LogP contribution in [0.15, 0.2) is 18.2 Å². The fourth-order valence-corrected chi connectivity index (χ4v) is 1.62. The van der Waals surface area contributed by atoms with E-state index in [2.05, 4.69) is 0 Å². The molecule has 1 aromatic rings. The zero-order valence-electron chi connectivity index (χ0n) is 8.47. The Kier molecular flexibility index (Phi) is 4.96. The Morgan fingerprint density at radius 1 is 1.50 bits per heavy atom. The molecule has 0 spiro atoms. The van der Waals surface area contributed by atoms with Crippen LogP contribution in [-0.2, 0) is 4.79 Å². The minimum Gasteiger partial charge on any atom is -0.288 e. The second-order valence-electron chi connectivity index (χ2n) is 2.96. The van der Waals surface area contributed by atoms with Gasteiger partial charge in [0.1, 0.15) is 5.82 Å². The molecule has 5 heteroatoms. The maximum absolute atomic E-state index is 13.4. The van der Waals surface area contributed by atoms with Crippen LogP contribution in [0.1, 0.15) is 12.5 Å². The summed E-state index contributed by atoms with van der Waals surface area (Å²) >= 11 is 6.58. The highest BCUT2D eigenvalue weighted by molar-refractivity contribution is 8.13. The normalized spacial score (nSPS) is 11.0. The summed E-state index contributed by atoms with van der Waals surface area (Å²) in [6.45, 7) is 1.43. The summed E-state index contributed by atoms with van der Waals surface area (Å²) in [5.74, 6) is -1.09. The van der Waals surface area contributed by atoms with E-state index in [-0.39, 0.29) is 15.7 Å². The van der Waals surface area contributed by atoms with Gasteiger partial charge in [0, 0.05) is 18.2 Å². The van der Waals surface area contributed by atoms with Crippen molar-refractivity contribution < 1.29 is 13.6 Å². The van der Waals surface area contributed by atoms with E-state index < -0.39 is 11.6 Å². The first-order chi connectivity index (χ1) is 7.52. The molecule has 16 heavy (non-hydrogen) atoms. The number of halogens is 3. The van der Waals surface area contributed by atoms with Gasteiger partial charge in [-0.05, 0) is 12.1 Å². The lowest BCUT2D eigenvalue weighted by Crippen LogP contribution is -1.90. The van der Waals surface area contributed by atoms with Gasteiger partial charge in [0.2, 0.25) is 0 Å². The highest BCUT2D eigenvalue weighted by Gasteiger charge is 2.09. The fraction of sp³-hybridized carbons (Fsp3) is 0.182. The molecule has 0 bridgehead atoms. The molecule has 0 radical (unpaired) electrons. The van der Waals surface area contributed by atoms with E-state index in [1.165, 1.54) is 19.1 Å². The maximum Gasteiger partial charge on any atom is 0.186 e. The SMILES string of the molecule is CC(=O)SCC=Cc1c(F)ccc(Cl)c1F. The first-order valence-corrected chi connectivity index (χ1v) is 5.82. The van der Waals surface area contributed by atoms with Gasteiger partial charge in [0.25, 0.3) is 0 Å². The molecule has 1 nitrogen and oxygen atoms in total. The molecule has 86 valence electrons. The van der Waals surface area contributed by atoms with Crippen molar-refractivity contribution in [3.63, 3.8) is 0 Å². The van der Waals surface area contributed by atoms with Gasteiger partial charge in [-0.15, -0.1) is 0 Å². The molecule has 0 aromatic heterocycles. The van der Waals surface area contributed by atoms with Gasteiger partial charge in [-0.3, -0.25) is 4.79 Å². The molecule has 1 rings (SSSR count). The van der Waals surface area contributed by atoms with E-state index >= 15 is 0 Å². The largest absolute Gasteiger partial charge is 0.288 e. The molecule has 0 N–H and O–H groups in total. The first kappa shape index (κ1) is 13.2. The van der Waals surface area contributed by atoms with Crippen molar-refractivity contribution in [3.8, 4) is 0 Å². The van der Waals surface area contributed by atoms with E-state index in [0.29, 0.717) is 5.75 Å². The lowest BCUT2D eigenvalue weighted by atomic mass is 10.2. The van der Waals surface area contributed by atoms with Gasteiger partial charge in [0.05, 0.1) is 5.02 Å². The van der Waals surface area contributed by atoms with Crippen LogP contribution in [0.5, 0.6) is 0 Å². The van der Waals surface area contributed by atoms with Crippen molar-refractivity contribution in [1.82, 2.24) is 0 Å². The first-order valence-electron chi connectivity index (χ1n) is 4.45. The average molecular weight is 263 g/mol. The fourth-order valence-electron chi connectivity index (χ4n) is 1.03. The van der Waals surface area contributed by atoms with E-state index in [1.807, 2.05) is 0 Å². The maximum atomic E-state index is 13.4. The van der Waals surface area contributed by atoms with Gasteiger partial charge in [-0.2, -0.15) is 0 Å². The molecular formula is C11H9ClF2OS. The third-order valence-corrected chi connectivity index (χ3v) is 2.80. The molecule has 0 aliphatic heterocycles. The molecule has 0 saturated heterocycles. The van der Waals surface area contributed by atoms with Crippen molar-refractivity contribution >= 4 is 34.6 Å². The number of benzene rings is 1. The van der Waals surface area contributed by atoms with Crippen molar-refractivity contribution in [1.29, 1.82) is 0 Å². The Balaban J connectivity index is 2.80. The van der Waals surface area contributed by atoms with Gasteiger partial charge < -0.3 is 0 Å². The predicted molar refractivity (Wildman–Crippen MR) is 63.5 cm³/mol. The minimum atomic E-state index is -0.786. The second-order valence-corrected chi connectivity index (χ2v) is 4.57. The van der Waals surface area contributed by atoms with E-state index in [4.69, 9.17) is 11.6 Å². The summed E-state index contributed by atoms with van der Waals surface area (Å²) in [5, 5.41) is -0.169. The predicted octanol–water partition coefficient (Wildman–Crippen LogP) is 3.91. The highest BCUT2D eigenvalue weighted by Crippen LogP contribution is 2.22. The summed E-state index contributed by atoms with van der Waals surface area (Å²) in [6.07, 6.45) is 2.80. The standard InChI is InChI=1S/C11H9ClF2OS/c1-7(15)16-6-2-3-8-10(13)5-4-9(12)11(8)14/h2-5H,6H2,1H3. The zero-order valence-corrected chi connectivity index (χ0v) is 10.0. The van der Waals surface area contributed by atoms with Gasteiger partial charge in [0.15, 0.2) is 10.9 Å². The molecule has 0 aliphatic carbocycles. The lowest BCUT2D eigenvalue weighted by Gasteiger charge is -2.00. The third kappa shape index (κ3) is 3.61. The number of hydrogen-bond donors (Lipinski definition) is 0. The highest BCUT2D eigenvalue weighted by atomic mass is 35.5. The summed E-state index contributed by atoms with van der Waals surface area (Å²) < 4.78 is 26.5. The zero-order chi connectivity index (χ0) is 12.1.